The number of fused-ring (bicyclic) bond motifs is 3. The highest BCUT2D eigenvalue weighted by Gasteiger charge is 2.56. The van der Waals surface area contributed by atoms with E-state index in [4.69, 9.17) is 0 Å². The number of imide groups is 1. The zero-order valence-corrected chi connectivity index (χ0v) is 12.8. The van der Waals surface area contributed by atoms with Gasteiger partial charge >= 0.3 is 6.03 Å². The van der Waals surface area contributed by atoms with E-state index in [1.54, 1.807) is 0 Å². The van der Waals surface area contributed by atoms with Crippen LogP contribution in [-0.2, 0) is 4.79 Å². The first-order chi connectivity index (χ1) is 11.3. The van der Waals surface area contributed by atoms with Crippen LogP contribution < -0.4 is 4.90 Å². The predicted molar refractivity (Wildman–Crippen MR) is 88.2 cm³/mol. The molecule has 6 rings (SSSR count). The number of carbonyl (C=O) groups is 2. The number of hydrogen-bond acceptors (Lipinski definition) is 2. The molecule has 4 aliphatic rings. The van der Waals surface area contributed by atoms with E-state index in [0.29, 0.717) is 5.92 Å². The molecule has 1 aliphatic carbocycles. The number of amides is 3. The van der Waals surface area contributed by atoms with Crippen molar-refractivity contribution in [1.82, 2.24) is 4.90 Å². The van der Waals surface area contributed by atoms with Crippen LogP contribution in [0.1, 0.15) is 25.7 Å². The molecule has 0 spiro atoms. The van der Waals surface area contributed by atoms with Crippen molar-refractivity contribution >= 4 is 28.4 Å². The van der Waals surface area contributed by atoms with E-state index in [2.05, 4.69) is 0 Å². The van der Waals surface area contributed by atoms with Crippen molar-refractivity contribution in [3.8, 4) is 0 Å². The third-order valence-electron chi connectivity index (χ3n) is 5.77. The Morgan fingerprint density at radius 2 is 1.61 bits per heavy atom. The van der Waals surface area contributed by atoms with Crippen LogP contribution in [0.2, 0.25) is 0 Å². The number of hydrogen-bond donors (Lipinski definition) is 0. The molecule has 2 aromatic rings. The Bertz CT molecular complexity index is 788. The number of rotatable bonds is 1. The lowest BCUT2D eigenvalue weighted by atomic mass is 9.75. The van der Waals surface area contributed by atoms with Gasteiger partial charge in [0.15, 0.2) is 0 Å². The van der Waals surface area contributed by atoms with Gasteiger partial charge in [0.1, 0.15) is 6.04 Å². The lowest BCUT2D eigenvalue weighted by Gasteiger charge is -2.45. The quantitative estimate of drug-likeness (QED) is 0.756. The number of urea groups is 1. The molecule has 0 N–H and O–H groups in total. The minimum absolute atomic E-state index is 0.0271. The van der Waals surface area contributed by atoms with Gasteiger partial charge in [0.05, 0.1) is 5.69 Å². The van der Waals surface area contributed by atoms with Crippen molar-refractivity contribution in [2.24, 2.45) is 5.92 Å². The van der Waals surface area contributed by atoms with Crippen molar-refractivity contribution in [3.05, 3.63) is 42.5 Å². The highest BCUT2D eigenvalue weighted by atomic mass is 16.2. The highest BCUT2D eigenvalue weighted by Crippen LogP contribution is 2.45. The molecule has 3 amide bonds. The summed E-state index contributed by atoms with van der Waals surface area (Å²) in [7, 11) is 0. The summed E-state index contributed by atoms with van der Waals surface area (Å²) in [6.45, 7) is 0. The third-order valence-corrected chi connectivity index (χ3v) is 5.77. The van der Waals surface area contributed by atoms with Gasteiger partial charge in [0.2, 0.25) is 0 Å². The summed E-state index contributed by atoms with van der Waals surface area (Å²) in [5.41, 5.74) is 0.729. The minimum Gasteiger partial charge on any atom is -0.309 e. The second-order valence-electron chi connectivity index (χ2n) is 6.88. The molecule has 0 radical (unpaired) electrons. The van der Waals surface area contributed by atoms with Crippen molar-refractivity contribution in [2.45, 2.75) is 37.8 Å². The van der Waals surface area contributed by atoms with Crippen LogP contribution in [0.15, 0.2) is 42.5 Å². The Morgan fingerprint density at radius 1 is 0.870 bits per heavy atom. The fraction of sp³-hybridized carbons (Fsp3) is 0.368. The van der Waals surface area contributed by atoms with Crippen molar-refractivity contribution in [1.29, 1.82) is 0 Å². The van der Waals surface area contributed by atoms with Crippen molar-refractivity contribution < 1.29 is 9.59 Å². The van der Waals surface area contributed by atoms with Crippen molar-refractivity contribution in [3.63, 3.8) is 0 Å². The van der Waals surface area contributed by atoms with Crippen LogP contribution in [0.25, 0.3) is 10.8 Å². The maximum atomic E-state index is 13.0. The van der Waals surface area contributed by atoms with Gasteiger partial charge in [-0.15, -0.1) is 0 Å². The molecule has 4 heteroatoms. The maximum Gasteiger partial charge on any atom is 0.332 e. The molecule has 23 heavy (non-hydrogen) atoms. The molecule has 3 heterocycles. The van der Waals surface area contributed by atoms with Gasteiger partial charge in [-0.05, 0) is 43.1 Å². The Balaban J connectivity index is 1.66. The predicted octanol–water partition coefficient (Wildman–Crippen LogP) is 3.55. The van der Waals surface area contributed by atoms with E-state index in [-0.39, 0.29) is 24.0 Å². The van der Waals surface area contributed by atoms with E-state index in [9.17, 15) is 9.59 Å². The minimum atomic E-state index is -0.228. The van der Waals surface area contributed by atoms with Gasteiger partial charge in [0.25, 0.3) is 5.91 Å². The Hall–Kier alpha value is -2.36. The Morgan fingerprint density at radius 3 is 2.39 bits per heavy atom. The van der Waals surface area contributed by atoms with Gasteiger partial charge in [-0.25, -0.2) is 9.69 Å². The van der Waals surface area contributed by atoms with Gasteiger partial charge in [-0.2, -0.15) is 0 Å². The second-order valence-corrected chi connectivity index (χ2v) is 6.88. The van der Waals surface area contributed by atoms with Gasteiger partial charge in [-0.1, -0.05) is 36.4 Å². The average molecular weight is 306 g/mol. The summed E-state index contributed by atoms with van der Waals surface area (Å²) in [5.74, 6) is 0.317. The number of carbonyl (C=O) groups excluding carboxylic acids is 2. The van der Waals surface area contributed by atoms with E-state index < -0.39 is 0 Å². The molecule has 2 bridgehead atoms. The molecular weight excluding hydrogens is 288 g/mol. The second kappa shape index (κ2) is 4.57. The van der Waals surface area contributed by atoms with Gasteiger partial charge < -0.3 is 4.90 Å². The van der Waals surface area contributed by atoms with Crippen LogP contribution in [-0.4, -0.2) is 28.9 Å². The summed E-state index contributed by atoms with van der Waals surface area (Å²) in [6.07, 6.45) is 4.25. The Kier molecular flexibility index (Phi) is 2.61. The smallest absolute Gasteiger partial charge is 0.309 e. The number of benzene rings is 2. The van der Waals surface area contributed by atoms with E-state index in [1.165, 1.54) is 4.90 Å². The summed E-state index contributed by atoms with van der Waals surface area (Å²) < 4.78 is 0. The number of nitrogens with zero attached hydrogens (tertiary/aromatic N) is 2. The molecule has 1 unspecified atom stereocenters. The molecule has 3 saturated heterocycles. The molecule has 4 nitrogen and oxygen atoms in total. The molecule has 2 aromatic carbocycles. The molecule has 0 aromatic heterocycles. The monoisotopic (exact) mass is 306 g/mol. The fourth-order valence-corrected chi connectivity index (χ4v) is 4.71. The zero-order valence-electron chi connectivity index (χ0n) is 12.8. The molecule has 116 valence electrons. The van der Waals surface area contributed by atoms with E-state index in [1.807, 2.05) is 47.4 Å². The standard InChI is InChI=1S/C19H18N2O2/c22-18-17-13-8-10-14(11-9-13)20(17)19(23)21(18)16-7-3-5-12-4-1-2-6-15(12)16/h1-7,13-14,17H,8-11H2. The van der Waals surface area contributed by atoms with Gasteiger partial charge in [-0.3, -0.25) is 4.79 Å². The summed E-state index contributed by atoms with van der Waals surface area (Å²) in [6, 6.07) is 13.7. The molecule has 3 aliphatic heterocycles. The first kappa shape index (κ1) is 13.1. The average Bonchev–Trinajstić information content (AvgIpc) is 2.89. The molecular formula is C19H18N2O2. The van der Waals surface area contributed by atoms with Gasteiger partial charge in [0, 0.05) is 11.4 Å². The lowest BCUT2D eigenvalue weighted by Crippen LogP contribution is -2.54. The lowest BCUT2D eigenvalue weighted by molar-refractivity contribution is -0.124. The van der Waals surface area contributed by atoms with Crippen molar-refractivity contribution in [2.75, 3.05) is 4.90 Å². The Labute approximate surface area is 134 Å². The first-order valence-electron chi connectivity index (χ1n) is 8.40. The van der Waals surface area contributed by atoms with Crippen LogP contribution in [0.5, 0.6) is 0 Å². The fourth-order valence-electron chi connectivity index (χ4n) is 4.71. The number of piperidine rings is 2. The normalized spacial score (nSPS) is 29.5. The SMILES string of the molecule is O=C1C2C3CCC(CC3)N2C(=O)N1c1cccc2ccccc12. The highest BCUT2D eigenvalue weighted by molar-refractivity contribution is 6.24. The van der Waals surface area contributed by atoms with E-state index >= 15 is 0 Å². The van der Waals surface area contributed by atoms with Crippen LogP contribution in [0, 0.1) is 5.92 Å². The summed E-state index contributed by atoms with van der Waals surface area (Å²) in [5, 5.41) is 2.02. The first-order valence-corrected chi connectivity index (χ1v) is 8.40. The van der Waals surface area contributed by atoms with Crippen LogP contribution in [0.3, 0.4) is 0 Å². The third kappa shape index (κ3) is 1.66. The topological polar surface area (TPSA) is 40.6 Å². The molecule has 1 atom stereocenters. The summed E-state index contributed by atoms with van der Waals surface area (Å²) in [4.78, 5) is 29.4. The maximum absolute atomic E-state index is 13.0. The molecule has 4 fully saturated rings. The van der Waals surface area contributed by atoms with Crippen LogP contribution in [0.4, 0.5) is 10.5 Å². The largest absolute Gasteiger partial charge is 0.332 e. The number of anilines is 1. The summed E-state index contributed by atoms with van der Waals surface area (Å²) >= 11 is 0. The van der Waals surface area contributed by atoms with E-state index in [0.717, 1.165) is 42.1 Å². The zero-order chi connectivity index (χ0) is 15.6. The molecule has 1 saturated carbocycles. The van der Waals surface area contributed by atoms with Crippen LogP contribution >= 0.6 is 0 Å².